The van der Waals surface area contributed by atoms with Crippen molar-refractivity contribution in [3.63, 3.8) is 0 Å². The first-order valence-electron chi connectivity index (χ1n) is 3.93. The van der Waals surface area contributed by atoms with Crippen LogP contribution in [0.5, 0.6) is 0 Å². The van der Waals surface area contributed by atoms with Crippen molar-refractivity contribution in [3.8, 4) is 0 Å². The molecule has 0 aromatic carbocycles. The van der Waals surface area contributed by atoms with Crippen molar-refractivity contribution in [1.82, 2.24) is 4.98 Å². The van der Waals surface area contributed by atoms with Crippen LogP contribution in [0.1, 0.15) is 12.5 Å². The Labute approximate surface area is 76.4 Å². The quantitative estimate of drug-likeness (QED) is 0.707. The number of hydrogen-bond acceptors (Lipinski definition) is 3. The maximum atomic E-state index is 10.7. The van der Waals surface area contributed by atoms with E-state index < -0.39 is 11.5 Å². The molecule has 0 spiro atoms. The lowest BCUT2D eigenvalue weighted by Crippen LogP contribution is -2.46. The van der Waals surface area contributed by atoms with Crippen LogP contribution in [-0.4, -0.2) is 21.6 Å². The maximum Gasteiger partial charge on any atom is 0.323 e. The Morgan fingerprint density at radius 1 is 1.77 bits per heavy atom. The third-order valence-corrected chi connectivity index (χ3v) is 1.78. The van der Waals surface area contributed by atoms with Crippen LogP contribution >= 0.6 is 0 Å². The first-order chi connectivity index (χ1) is 6.02. The van der Waals surface area contributed by atoms with Crippen molar-refractivity contribution in [3.05, 3.63) is 30.1 Å². The van der Waals surface area contributed by atoms with E-state index in [0.717, 1.165) is 5.56 Å². The standard InChI is InChI=1S/C9H12N2O2/c1-9(10,8(12)13)5-7-3-2-4-11-6-7/h2-4,6H,5,10H2,1H3,(H,12,13). The van der Waals surface area contributed by atoms with Crippen molar-refractivity contribution in [2.45, 2.75) is 18.9 Å². The van der Waals surface area contributed by atoms with Gasteiger partial charge in [-0.1, -0.05) is 6.07 Å². The summed E-state index contributed by atoms with van der Waals surface area (Å²) in [5.74, 6) is -1.00. The lowest BCUT2D eigenvalue weighted by atomic mass is 9.95. The number of carboxylic acid groups (broad SMARTS) is 1. The molecule has 1 atom stereocenters. The molecule has 0 amide bonds. The van der Waals surface area contributed by atoms with Gasteiger partial charge in [-0.2, -0.15) is 0 Å². The highest BCUT2D eigenvalue weighted by molar-refractivity contribution is 5.78. The summed E-state index contributed by atoms with van der Waals surface area (Å²) in [4.78, 5) is 14.6. The highest BCUT2D eigenvalue weighted by Crippen LogP contribution is 2.09. The van der Waals surface area contributed by atoms with Crippen molar-refractivity contribution >= 4 is 5.97 Å². The van der Waals surface area contributed by atoms with Crippen LogP contribution in [0.4, 0.5) is 0 Å². The van der Waals surface area contributed by atoms with Gasteiger partial charge in [0.2, 0.25) is 0 Å². The molecule has 1 heterocycles. The molecule has 13 heavy (non-hydrogen) atoms. The van der Waals surface area contributed by atoms with Gasteiger partial charge in [0.05, 0.1) is 0 Å². The summed E-state index contributed by atoms with van der Waals surface area (Å²) in [6.45, 7) is 1.49. The minimum Gasteiger partial charge on any atom is -0.480 e. The summed E-state index contributed by atoms with van der Waals surface area (Å²) in [5.41, 5.74) is 5.17. The van der Waals surface area contributed by atoms with Crippen molar-refractivity contribution in [2.75, 3.05) is 0 Å². The Balaban J connectivity index is 2.75. The SMILES string of the molecule is CC(N)(Cc1cccnc1)C(=O)O. The molecule has 3 N–H and O–H groups in total. The molecule has 4 nitrogen and oxygen atoms in total. The van der Waals surface area contributed by atoms with E-state index in [4.69, 9.17) is 10.8 Å². The van der Waals surface area contributed by atoms with Gasteiger partial charge in [-0.15, -0.1) is 0 Å². The van der Waals surface area contributed by atoms with Crippen molar-refractivity contribution in [2.24, 2.45) is 5.73 Å². The number of hydrogen-bond donors (Lipinski definition) is 2. The summed E-state index contributed by atoms with van der Waals surface area (Å²) in [7, 11) is 0. The molecular formula is C9H12N2O2. The molecule has 0 saturated carbocycles. The van der Waals surface area contributed by atoms with Gasteiger partial charge in [0.25, 0.3) is 0 Å². The summed E-state index contributed by atoms with van der Waals surface area (Å²) in [6, 6.07) is 3.56. The molecule has 1 aromatic rings. The monoisotopic (exact) mass is 180 g/mol. The number of aliphatic carboxylic acids is 1. The van der Waals surface area contributed by atoms with Gasteiger partial charge in [-0.25, -0.2) is 0 Å². The first kappa shape index (κ1) is 9.67. The number of rotatable bonds is 3. The largest absolute Gasteiger partial charge is 0.480 e. The zero-order chi connectivity index (χ0) is 9.90. The smallest absolute Gasteiger partial charge is 0.323 e. The lowest BCUT2D eigenvalue weighted by molar-refractivity contribution is -0.142. The summed E-state index contributed by atoms with van der Waals surface area (Å²) < 4.78 is 0. The van der Waals surface area contributed by atoms with Gasteiger partial charge in [0.1, 0.15) is 5.54 Å². The number of nitrogens with two attached hydrogens (primary N) is 1. The van der Waals surface area contributed by atoms with Gasteiger partial charge < -0.3 is 10.8 Å². The van der Waals surface area contributed by atoms with Crippen LogP contribution in [0.15, 0.2) is 24.5 Å². The van der Waals surface area contributed by atoms with Gasteiger partial charge >= 0.3 is 5.97 Å². The predicted molar refractivity (Wildman–Crippen MR) is 48.2 cm³/mol. The second kappa shape index (κ2) is 3.53. The molecule has 0 bridgehead atoms. The van der Waals surface area contributed by atoms with E-state index in [0.29, 0.717) is 0 Å². The molecule has 1 rings (SSSR count). The van der Waals surface area contributed by atoms with Crippen molar-refractivity contribution in [1.29, 1.82) is 0 Å². The minimum absolute atomic E-state index is 0.288. The van der Waals surface area contributed by atoms with Crippen LogP contribution in [0.25, 0.3) is 0 Å². The van der Waals surface area contributed by atoms with Gasteiger partial charge in [0.15, 0.2) is 0 Å². The molecule has 1 unspecified atom stereocenters. The van der Waals surface area contributed by atoms with E-state index in [1.807, 2.05) is 0 Å². The fraction of sp³-hybridized carbons (Fsp3) is 0.333. The van der Waals surface area contributed by atoms with Crippen LogP contribution in [0.3, 0.4) is 0 Å². The van der Waals surface area contributed by atoms with Crippen LogP contribution in [0, 0.1) is 0 Å². The van der Waals surface area contributed by atoms with Gasteiger partial charge in [0, 0.05) is 18.8 Å². The summed E-state index contributed by atoms with van der Waals surface area (Å²) in [6.07, 6.45) is 3.54. The Bertz CT molecular complexity index is 296. The van der Waals surface area contributed by atoms with Crippen LogP contribution < -0.4 is 5.73 Å². The molecule has 70 valence electrons. The van der Waals surface area contributed by atoms with E-state index >= 15 is 0 Å². The zero-order valence-electron chi connectivity index (χ0n) is 7.40. The Kier molecular flexibility index (Phi) is 2.63. The Hall–Kier alpha value is -1.42. The molecule has 0 aliphatic carbocycles. The van der Waals surface area contributed by atoms with Crippen molar-refractivity contribution < 1.29 is 9.90 Å². The molecule has 0 radical (unpaired) electrons. The van der Waals surface area contributed by atoms with Gasteiger partial charge in [-0.05, 0) is 18.6 Å². The fourth-order valence-corrected chi connectivity index (χ4v) is 1.00. The molecular weight excluding hydrogens is 168 g/mol. The lowest BCUT2D eigenvalue weighted by Gasteiger charge is -2.18. The van der Waals surface area contributed by atoms with E-state index in [2.05, 4.69) is 4.98 Å². The van der Waals surface area contributed by atoms with E-state index in [9.17, 15) is 4.79 Å². The van der Waals surface area contributed by atoms with Crippen LogP contribution in [0.2, 0.25) is 0 Å². The maximum absolute atomic E-state index is 10.7. The highest BCUT2D eigenvalue weighted by Gasteiger charge is 2.27. The predicted octanol–water partition coefficient (Wildman–Crippen LogP) is 0.426. The zero-order valence-corrected chi connectivity index (χ0v) is 7.40. The minimum atomic E-state index is -1.22. The molecule has 0 aliphatic heterocycles. The normalized spacial score (nSPS) is 14.9. The average Bonchev–Trinajstić information content (AvgIpc) is 2.05. The number of pyridine rings is 1. The molecule has 0 saturated heterocycles. The van der Waals surface area contributed by atoms with Gasteiger partial charge in [-0.3, -0.25) is 9.78 Å². The summed E-state index contributed by atoms with van der Waals surface area (Å²) in [5, 5.41) is 8.76. The molecule has 1 aromatic heterocycles. The Morgan fingerprint density at radius 3 is 2.92 bits per heavy atom. The van der Waals surface area contributed by atoms with E-state index in [1.165, 1.54) is 6.92 Å². The van der Waals surface area contributed by atoms with E-state index in [-0.39, 0.29) is 6.42 Å². The molecule has 0 aliphatic rings. The topological polar surface area (TPSA) is 76.2 Å². The number of carbonyl (C=O) groups is 1. The third kappa shape index (κ3) is 2.52. The van der Waals surface area contributed by atoms with E-state index in [1.54, 1.807) is 24.5 Å². The molecule has 0 fully saturated rings. The summed E-state index contributed by atoms with van der Waals surface area (Å²) >= 11 is 0. The third-order valence-electron chi connectivity index (χ3n) is 1.78. The van der Waals surface area contributed by atoms with Crippen LogP contribution in [-0.2, 0) is 11.2 Å². The fourth-order valence-electron chi connectivity index (χ4n) is 1.00. The number of carboxylic acids is 1. The second-order valence-electron chi connectivity index (χ2n) is 3.26. The highest BCUT2D eigenvalue weighted by atomic mass is 16.4. The number of aromatic nitrogens is 1. The number of nitrogens with zero attached hydrogens (tertiary/aromatic N) is 1. The Morgan fingerprint density at radius 2 is 2.46 bits per heavy atom. The second-order valence-corrected chi connectivity index (χ2v) is 3.26. The first-order valence-corrected chi connectivity index (χ1v) is 3.93. The molecule has 4 heteroatoms. The average molecular weight is 180 g/mol.